The fraction of sp³-hybridized carbons (Fsp3) is 0.190. The number of nitrogens with zero attached hydrogens (tertiary/aromatic N) is 2. The summed E-state index contributed by atoms with van der Waals surface area (Å²) in [5.74, 6) is -0.788. The van der Waals surface area contributed by atoms with Crippen LogP contribution < -0.4 is 15.4 Å². The third kappa shape index (κ3) is 3.82. The molecule has 29 heavy (non-hydrogen) atoms. The van der Waals surface area contributed by atoms with Gasteiger partial charge in [0.2, 0.25) is 0 Å². The minimum Gasteiger partial charge on any atom is -0.466 e. The summed E-state index contributed by atoms with van der Waals surface area (Å²) in [5.41, 5.74) is 1.46. The van der Waals surface area contributed by atoms with Crippen LogP contribution in [-0.4, -0.2) is 27.2 Å². The number of rotatable bonds is 4. The molecule has 0 saturated carbocycles. The molecule has 1 aromatic heterocycles. The van der Waals surface area contributed by atoms with Crippen molar-refractivity contribution in [1.29, 1.82) is 0 Å². The Kier molecular flexibility index (Phi) is 4.76. The first-order valence-corrected chi connectivity index (χ1v) is 9.41. The molecule has 0 bridgehead atoms. The number of halogens is 1. The molecule has 1 aliphatic rings. The quantitative estimate of drug-likeness (QED) is 0.643. The van der Waals surface area contributed by atoms with Crippen molar-refractivity contribution >= 4 is 34.8 Å². The van der Waals surface area contributed by atoms with Gasteiger partial charge in [0, 0.05) is 11.2 Å². The number of benzene rings is 2. The van der Waals surface area contributed by atoms with Gasteiger partial charge in [-0.3, -0.25) is 14.3 Å². The molecule has 0 radical (unpaired) electrons. The Morgan fingerprint density at radius 1 is 1.28 bits per heavy atom. The summed E-state index contributed by atoms with van der Waals surface area (Å²) in [5, 5.41) is 10.1. The minimum atomic E-state index is -1.72. The molecule has 1 atom stereocenters. The van der Waals surface area contributed by atoms with Gasteiger partial charge >= 0.3 is 0 Å². The van der Waals surface area contributed by atoms with Crippen molar-refractivity contribution in [2.24, 2.45) is 0 Å². The van der Waals surface area contributed by atoms with Crippen LogP contribution in [0.15, 0.2) is 54.9 Å². The van der Waals surface area contributed by atoms with Gasteiger partial charge in [0.05, 0.1) is 24.1 Å². The third-order valence-corrected chi connectivity index (χ3v) is 4.96. The first-order chi connectivity index (χ1) is 13.8. The van der Waals surface area contributed by atoms with E-state index in [1.807, 2.05) is 31.2 Å². The van der Waals surface area contributed by atoms with Crippen LogP contribution in [0.3, 0.4) is 0 Å². The predicted molar refractivity (Wildman–Crippen MR) is 110 cm³/mol. The lowest BCUT2D eigenvalue weighted by atomic mass is 10.0. The van der Waals surface area contributed by atoms with Crippen molar-refractivity contribution in [2.45, 2.75) is 26.0 Å². The molecule has 0 fully saturated rings. The highest BCUT2D eigenvalue weighted by Gasteiger charge is 2.47. The van der Waals surface area contributed by atoms with Crippen molar-refractivity contribution in [2.75, 3.05) is 10.6 Å². The number of amides is 2. The van der Waals surface area contributed by atoms with Gasteiger partial charge in [-0.15, -0.1) is 0 Å². The summed E-state index contributed by atoms with van der Waals surface area (Å²) in [6, 6.07) is 12.9. The molecule has 0 aliphatic carbocycles. The Hall–Kier alpha value is -3.32. The predicted octanol–water partition coefficient (Wildman–Crippen LogP) is 3.62. The van der Waals surface area contributed by atoms with Gasteiger partial charge in [-0.2, -0.15) is 5.10 Å². The maximum Gasteiger partial charge on any atom is 0.278 e. The fourth-order valence-electron chi connectivity index (χ4n) is 2.99. The van der Waals surface area contributed by atoms with E-state index in [2.05, 4.69) is 15.7 Å². The molecule has 3 aromatic rings. The highest BCUT2D eigenvalue weighted by Crippen LogP contribution is 2.36. The number of ether oxygens (including phenoxy) is 1. The number of carbonyl (C=O) groups is 2. The smallest absolute Gasteiger partial charge is 0.278 e. The van der Waals surface area contributed by atoms with Crippen LogP contribution in [0.2, 0.25) is 5.02 Å². The number of anilines is 2. The largest absolute Gasteiger partial charge is 0.466 e. The Morgan fingerprint density at radius 2 is 2.03 bits per heavy atom. The zero-order valence-electron chi connectivity index (χ0n) is 15.9. The number of nitrogens with one attached hydrogen (secondary N) is 2. The highest BCUT2D eigenvalue weighted by molar-refractivity contribution is 6.31. The summed E-state index contributed by atoms with van der Waals surface area (Å²) in [7, 11) is 0. The summed E-state index contributed by atoms with van der Waals surface area (Å²) in [6.07, 6.45) is 3.24. The van der Waals surface area contributed by atoms with E-state index in [9.17, 15) is 9.59 Å². The average molecular weight is 411 g/mol. The van der Waals surface area contributed by atoms with Gasteiger partial charge in [-0.1, -0.05) is 41.4 Å². The summed E-state index contributed by atoms with van der Waals surface area (Å²) in [6.45, 7) is 4.02. The Labute approximate surface area is 172 Å². The zero-order chi connectivity index (χ0) is 20.6. The molecule has 1 unspecified atom stereocenters. The highest BCUT2D eigenvalue weighted by atomic mass is 35.5. The van der Waals surface area contributed by atoms with Crippen molar-refractivity contribution in [3.05, 3.63) is 71.0 Å². The van der Waals surface area contributed by atoms with Crippen LogP contribution >= 0.6 is 11.6 Å². The number of aryl methyl sites for hydroxylation is 1. The Bertz CT molecular complexity index is 1090. The molecule has 2 amide bonds. The van der Waals surface area contributed by atoms with Gasteiger partial charge in [0.25, 0.3) is 17.4 Å². The van der Waals surface area contributed by atoms with E-state index < -0.39 is 17.4 Å². The first kappa shape index (κ1) is 19.0. The molecular weight excluding hydrogens is 392 g/mol. The second kappa shape index (κ2) is 7.25. The molecule has 4 rings (SSSR count). The number of hydrogen-bond acceptors (Lipinski definition) is 4. The molecule has 8 heteroatoms. The minimum absolute atomic E-state index is 0.377. The lowest BCUT2D eigenvalue weighted by molar-refractivity contribution is -0.143. The molecule has 7 nitrogen and oxygen atoms in total. The topological polar surface area (TPSA) is 85.3 Å². The van der Waals surface area contributed by atoms with Crippen LogP contribution in [0, 0.1) is 6.92 Å². The van der Waals surface area contributed by atoms with E-state index in [0.29, 0.717) is 28.7 Å². The standard InChI is InChI=1S/C21H19ClN4O3/c1-13-3-5-14(6-4-13)11-26-12-16(10-23-26)24-19(27)21(2)20(28)25-17-9-15(22)7-8-18(17)29-21/h3-10,12H,11H2,1-2H3,(H,24,27)(H,25,28). The Morgan fingerprint density at radius 3 is 2.79 bits per heavy atom. The summed E-state index contributed by atoms with van der Waals surface area (Å²) in [4.78, 5) is 25.4. The number of carbonyl (C=O) groups excluding carboxylic acids is 2. The lowest BCUT2D eigenvalue weighted by Gasteiger charge is -2.33. The molecule has 0 saturated heterocycles. The molecule has 2 N–H and O–H groups in total. The van der Waals surface area contributed by atoms with E-state index in [1.165, 1.54) is 18.7 Å². The second-order valence-corrected chi connectivity index (χ2v) is 7.53. The van der Waals surface area contributed by atoms with Crippen LogP contribution in [-0.2, 0) is 16.1 Å². The number of aromatic nitrogens is 2. The third-order valence-electron chi connectivity index (χ3n) is 4.73. The maximum atomic E-state index is 12.8. The summed E-state index contributed by atoms with van der Waals surface area (Å²) < 4.78 is 7.43. The van der Waals surface area contributed by atoms with Crippen molar-refractivity contribution in [1.82, 2.24) is 9.78 Å². The van der Waals surface area contributed by atoms with Gasteiger partial charge in [-0.25, -0.2) is 0 Å². The number of hydrogen-bond donors (Lipinski definition) is 2. The monoisotopic (exact) mass is 410 g/mol. The van der Waals surface area contributed by atoms with E-state index in [0.717, 1.165) is 5.56 Å². The van der Waals surface area contributed by atoms with Crippen LogP contribution in [0.25, 0.3) is 0 Å². The van der Waals surface area contributed by atoms with Crippen LogP contribution in [0.5, 0.6) is 5.75 Å². The molecule has 148 valence electrons. The normalized spacial score (nSPS) is 17.8. The van der Waals surface area contributed by atoms with E-state index >= 15 is 0 Å². The van der Waals surface area contributed by atoms with Gasteiger partial charge in [-0.05, 0) is 37.6 Å². The van der Waals surface area contributed by atoms with Gasteiger partial charge in [0.1, 0.15) is 5.75 Å². The SMILES string of the molecule is Cc1ccc(Cn2cc(NC(=O)C3(C)Oc4ccc(Cl)cc4NC3=O)cn2)cc1. The van der Waals surface area contributed by atoms with Gasteiger partial charge in [0.15, 0.2) is 0 Å². The Balaban J connectivity index is 1.47. The second-order valence-electron chi connectivity index (χ2n) is 7.10. The molecular formula is C21H19ClN4O3. The zero-order valence-corrected chi connectivity index (χ0v) is 16.7. The van der Waals surface area contributed by atoms with Crippen LogP contribution in [0.1, 0.15) is 18.1 Å². The molecule has 1 aliphatic heterocycles. The summed E-state index contributed by atoms with van der Waals surface area (Å²) >= 11 is 5.94. The van der Waals surface area contributed by atoms with Crippen molar-refractivity contribution in [3.63, 3.8) is 0 Å². The van der Waals surface area contributed by atoms with Crippen LogP contribution in [0.4, 0.5) is 11.4 Å². The van der Waals surface area contributed by atoms with E-state index in [4.69, 9.17) is 16.3 Å². The first-order valence-electron chi connectivity index (χ1n) is 9.03. The average Bonchev–Trinajstić information content (AvgIpc) is 3.11. The maximum absolute atomic E-state index is 12.8. The molecule has 0 spiro atoms. The van der Waals surface area contributed by atoms with Gasteiger partial charge < -0.3 is 15.4 Å². The lowest BCUT2D eigenvalue weighted by Crippen LogP contribution is -2.56. The molecule has 2 aromatic carbocycles. The van der Waals surface area contributed by atoms with Crippen molar-refractivity contribution in [3.8, 4) is 5.75 Å². The van der Waals surface area contributed by atoms with E-state index in [1.54, 1.807) is 29.1 Å². The molecule has 2 heterocycles. The van der Waals surface area contributed by atoms with Crippen molar-refractivity contribution < 1.29 is 14.3 Å². The fourth-order valence-corrected chi connectivity index (χ4v) is 3.16. The van der Waals surface area contributed by atoms with E-state index in [-0.39, 0.29) is 0 Å². The number of fused-ring (bicyclic) bond motifs is 1.